The summed E-state index contributed by atoms with van der Waals surface area (Å²) in [4.78, 5) is 18.0. The van der Waals surface area contributed by atoms with Gasteiger partial charge in [-0.1, -0.05) is 0 Å². The molecule has 1 saturated heterocycles. The Morgan fingerprint density at radius 2 is 2.26 bits per heavy atom. The number of hydrogen-bond acceptors (Lipinski definition) is 5. The zero-order valence-electron chi connectivity index (χ0n) is 10.7. The van der Waals surface area contributed by atoms with Crippen molar-refractivity contribution in [3.63, 3.8) is 0 Å². The molecule has 2 heterocycles. The van der Waals surface area contributed by atoms with Crippen LogP contribution in [-0.4, -0.2) is 42.3 Å². The summed E-state index contributed by atoms with van der Waals surface area (Å²) in [5.74, 6) is 0.645. The molecule has 1 aliphatic heterocycles. The van der Waals surface area contributed by atoms with Crippen molar-refractivity contribution < 1.29 is 4.74 Å². The highest BCUT2D eigenvalue weighted by molar-refractivity contribution is 14.1. The first-order valence-corrected chi connectivity index (χ1v) is 7.64. The summed E-state index contributed by atoms with van der Waals surface area (Å²) in [5.41, 5.74) is -0.107. The van der Waals surface area contributed by atoms with Crippen molar-refractivity contribution in [1.82, 2.24) is 15.3 Å². The summed E-state index contributed by atoms with van der Waals surface area (Å²) in [5, 5.41) is 6.48. The first-order chi connectivity index (χ1) is 9.27. The molecule has 1 fully saturated rings. The molecule has 2 rings (SSSR count). The maximum absolute atomic E-state index is 11.4. The highest BCUT2D eigenvalue weighted by atomic mass is 127. The third-order valence-electron chi connectivity index (χ3n) is 3.05. The number of hydrogen-bond donors (Lipinski definition) is 3. The highest BCUT2D eigenvalue weighted by Crippen LogP contribution is 2.09. The number of halogens is 1. The summed E-state index contributed by atoms with van der Waals surface area (Å²) in [6.45, 7) is 3.62. The second-order valence-electron chi connectivity index (χ2n) is 4.49. The second-order valence-corrected chi connectivity index (χ2v) is 5.57. The molecule has 0 atom stereocenters. The van der Waals surface area contributed by atoms with Gasteiger partial charge in [-0.3, -0.25) is 4.79 Å². The van der Waals surface area contributed by atoms with E-state index in [1.165, 1.54) is 6.33 Å². The first-order valence-electron chi connectivity index (χ1n) is 6.57. The average Bonchev–Trinajstić information content (AvgIpc) is 2.44. The summed E-state index contributed by atoms with van der Waals surface area (Å²) >= 11 is 1.99. The Bertz CT molecular complexity index is 446. The van der Waals surface area contributed by atoms with Crippen molar-refractivity contribution in [2.45, 2.75) is 25.4 Å². The molecule has 6 nitrogen and oxygen atoms in total. The molecule has 0 radical (unpaired) electrons. The number of rotatable bonds is 6. The van der Waals surface area contributed by atoms with Crippen LogP contribution in [0.5, 0.6) is 0 Å². The van der Waals surface area contributed by atoms with Gasteiger partial charge in [-0.05, 0) is 54.9 Å². The first kappa shape index (κ1) is 14.7. The zero-order chi connectivity index (χ0) is 13.5. The van der Waals surface area contributed by atoms with Crippen LogP contribution in [0.15, 0.2) is 11.1 Å². The van der Waals surface area contributed by atoms with E-state index < -0.39 is 0 Å². The van der Waals surface area contributed by atoms with Gasteiger partial charge in [0, 0.05) is 13.2 Å². The average molecular weight is 378 g/mol. The fraction of sp³-hybridized carbons (Fsp3) is 0.667. The summed E-state index contributed by atoms with van der Waals surface area (Å²) < 4.78 is 6.40. The van der Waals surface area contributed by atoms with Crippen LogP contribution in [0.3, 0.4) is 0 Å². The van der Waals surface area contributed by atoms with Gasteiger partial charge >= 0.3 is 0 Å². The number of aromatic nitrogens is 2. The largest absolute Gasteiger partial charge is 0.378 e. The predicted molar refractivity (Wildman–Crippen MR) is 82.5 cm³/mol. The molecule has 0 aliphatic carbocycles. The number of H-pyrrole nitrogens is 1. The second kappa shape index (κ2) is 7.81. The van der Waals surface area contributed by atoms with Gasteiger partial charge in [-0.15, -0.1) is 0 Å². The van der Waals surface area contributed by atoms with Crippen LogP contribution < -0.4 is 16.2 Å². The number of aromatic amines is 1. The maximum Gasteiger partial charge on any atom is 0.266 e. The maximum atomic E-state index is 11.4. The van der Waals surface area contributed by atoms with Crippen molar-refractivity contribution in [2.75, 3.05) is 31.6 Å². The number of anilines is 1. The standard InChI is InChI=1S/C12H19IN4O2/c13-10-11(16-8-17-12(10)18)15-4-1-7-19-9-2-5-14-6-3-9/h8-9,14H,1-7H2,(H2,15,16,17,18). The summed E-state index contributed by atoms with van der Waals surface area (Å²) in [7, 11) is 0. The van der Waals surface area contributed by atoms with Gasteiger partial charge < -0.3 is 20.4 Å². The van der Waals surface area contributed by atoms with Gasteiger partial charge in [0.25, 0.3) is 5.56 Å². The Morgan fingerprint density at radius 1 is 1.47 bits per heavy atom. The smallest absolute Gasteiger partial charge is 0.266 e. The van der Waals surface area contributed by atoms with E-state index in [9.17, 15) is 4.79 Å². The quantitative estimate of drug-likeness (QED) is 0.508. The molecule has 0 spiro atoms. The van der Waals surface area contributed by atoms with E-state index in [2.05, 4.69) is 20.6 Å². The molecule has 1 aromatic heterocycles. The lowest BCUT2D eigenvalue weighted by atomic mass is 10.1. The monoisotopic (exact) mass is 378 g/mol. The van der Waals surface area contributed by atoms with E-state index in [1.54, 1.807) is 0 Å². The fourth-order valence-corrected chi connectivity index (χ4v) is 2.48. The van der Waals surface area contributed by atoms with Gasteiger partial charge in [0.2, 0.25) is 0 Å². The number of ether oxygens (including phenoxy) is 1. The van der Waals surface area contributed by atoms with Crippen LogP contribution >= 0.6 is 22.6 Å². The van der Waals surface area contributed by atoms with E-state index in [0.717, 1.165) is 45.5 Å². The Labute approximate surface area is 125 Å². The topological polar surface area (TPSA) is 79.0 Å². The molecule has 0 bridgehead atoms. The van der Waals surface area contributed by atoms with Crippen molar-refractivity contribution in [1.29, 1.82) is 0 Å². The summed E-state index contributed by atoms with van der Waals surface area (Å²) in [6.07, 6.45) is 4.92. The molecule has 3 N–H and O–H groups in total. The van der Waals surface area contributed by atoms with E-state index in [1.807, 2.05) is 22.6 Å². The molecule has 0 aromatic carbocycles. The minimum atomic E-state index is -0.107. The van der Waals surface area contributed by atoms with Crippen molar-refractivity contribution in [3.05, 3.63) is 20.3 Å². The molecule has 1 aromatic rings. The van der Waals surface area contributed by atoms with Gasteiger partial charge in [0.15, 0.2) is 0 Å². The van der Waals surface area contributed by atoms with Crippen LogP contribution in [0.25, 0.3) is 0 Å². The zero-order valence-corrected chi connectivity index (χ0v) is 12.9. The lowest BCUT2D eigenvalue weighted by Crippen LogP contribution is -2.32. The van der Waals surface area contributed by atoms with Crippen LogP contribution in [0.4, 0.5) is 5.82 Å². The predicted octanol–water partition coefficient (Wildman–Crippen LogP) is 0.945. The Hall–Kier alpha value is -0.670. The van der Waals surface area contributed by atoms with Crippen LogP contribution in [0, 0.1) is 3.57 Å². The van der Waals surface area contributed by atoms with Gasteiger partial charge in [-0.2, -0.15) is 0 Å². The van der Waals surface area contributed by atoms with E-state index in [0.29, 0.717) is 15.5 Å². The van der Waals surface area contributed by atoms with E-state index >= 15 is 0 Å². The number of nitrogens with one attached hydrogen (secondary N) is 3. The van der Waals surface area contributed by atoms with Crippen molar-refractivity contribution in [3.8, 4) is 0 Å². The third kappa shape index (κ3) is 4.73. The Kier molecular flexibility index (Phi) is 6.05. The van der Waals surface area contributed by atoms with Gasteiger partial charge in [-0.25, -0.2) is 4.98 Å². The number of piperidine rings is 1. The van der Waals surface area contributed by atoms with Crippen LogP contribution in [0.1, 0.15) is 19.3 Å². The molecular weight excluding hydrogens is 359 g/mol. The minimum absolute atomic E-state index is 0.107. The molecule has 7 heteroatoms. The lowest BCUT2D eigenvalue weighted by molar-refractivity contribution is 0.0329. The highest BCUT2D eigenvalue weighted by Gasteiger charge is 2.12. The minimum Gasteiger partial charge on any atom is -0.378 e. The molecule has 19 heavy (non-hydrogen) atoms. The molecule has 0 amide bonds. The molecule has 1 aliphatic rings. The Morgan fingerprint density at radius 3 is 3.05 bits per heavy atom. The number of nitrogens with zero attached hydrogens (tertiary/aromatic N) is 1. The molecule has 0 saturated carbocycles. The van der Waals surface area contributed by atoms with E-state index in [-0.39, 0.29) is 5.56 Å². The van der Waals surface area contributed by atoms with E-state index in [4.69, 9.17) is 4.74 Å². The molecular formula is C12H19IN4O2. The third-order valence-corrected chi connectivity index (χ3v) is 4.05. The van der Waals surface area contributed by atoms with Gasteiger partial charge in [0.1, 0.15) is 9.39 Å². The van der Waals surface area contributed by atoms with Crippen molar-refractivity contribution in [2.24, 2.45) is 0 Å². The summed E-state index contributed by atoms with van der Waals surface area (Å²) in [6, 6.07) is 0. The normalized spacial score (nSPS) is 16.5. The fourth-order valence-electron chi connectivity index (χ4n) is 2.00. The van der Waals surface area contributed by atoms with Crippen LogP contribution in [-0.2, 0) is 4.74 Å². The van der Waals surface area contributed by atoms with Crippen molar-refractivity contribution >= 4 is 28.4 Å². The Balaban J connectivity index is 1.63. The van der Waals surface area contributed by atoms with Crippen LogP contribution in [0.2, 0.25) is 0 Å². The SMILES string of the molecule is O=c1[nH]cnc(NCCCOC2CCNCC2)c1I. The molecule has 0 unspecified atom stereocenters. The molecule has 106 valence electrons. The van der Waals surface area contributed by atoms with Gasteiger partial charge in [0.05, 0.1) is 12.4 Å². The lowest BCUT2D eigenvalue weighted by Gasteiger charge is -2.22.